The molecule has 0 saturated carbocycles. The minimum Gasteiger partial charge on any atom is -0.481 e. The largest absolute Gasteiger partial charge is 0.481 e. The first-order valence-corrected chi connectivity index (χ1v) is 9.33. The third-order valence-corrected chi connectivity index (χ3v) is 5.42. The predicted octanol–water partition coefficient (Wildman–Crippen LogP) is 2.57. The van der Waals surface area contributed by atoms with Crippen molar-refractivity contribution in [2.75, 3.05) is 19.1 Å². The number of carboxylic acids is 1. The van der Waals surface area contributed by atoms with Gasteiger partial charge in [0.05, 0.1) is 35.6 Å². The van der Waals surface area contributed by atoms with Gasteiger partial charge in [0.15, 0.2) is 0 Å². The van der Waals surface area contributed by atoms with Crippen LogP contribution in [0.15, 0.2) is 24.5 Å². The Hall–Kier alpha value is -2.87. The Balaban J connectivity index is 1.74. The van der Waals surface area contributed by atoms with Crippen LogP contribution in [0.1, 0.15) is 17.7 Å². The molecule has 0 unspecified atom stereocenters. The van der Waals surface area contributed by atoms with Crippen LogP contribution in [0.5, 0.6) is 5.88 Å². The molecule has 1 N–H and O–H groups in total. The molecule has 1 aliphatic carbocycles. The molecule has 0 aliphatic heterocycles. The van der Waals surface area contributed by atoms with Crippen molar-refractivity contribution < 1.29 is 14.6 Å². The Morgan fingerprint density at radius 2 is 2.14 bits per heavy atom. The molecule has 4 rings (SSSR count). The van der Waals surface area contributed by atoms with Gasteiger partial charge in [-0.3, -0.25) is 4.79 Å². The molecule has 0 bridgehead atoms. The summed E-state index contributed by atoms with van der Waals surface area (Å²) >= 11 is 5.89. The smallest absolute Gasteiger partial charge is 0.323 e. The lowest BCUT2D eigenvalue weighted by Gasteiger charge is -2.31. The highest BCUT2D eigenvalue weighted by Crippen LogP contribution is 2.34. The van der Waals surface area contributed by atoms with E-state index in [4.69, 9.17) is 16.3 Å². The van der Waals surface area contributed by atoms with Crippen LogP contribution in [0.4, 0.5) is 5.95 Å². The average molecular weight is 402 g/mol. The summed E-state index contributed by atoms with van der Waals surface area (Å²) in [4.78, 5) is 26.7. The number of likely N-dealkylation sites (N-methyl/N-ethyl adjacent to an activating group) is 1. The molecule has 3 aromatic rings. The van der Waals surface area contributed by atoms with Crippen LogP contribution in [0.3, 0.4) is 0 Å². The number of aromatic nitrogens is 4. The number of anilines is 1. The SMILES string of the molecule is COc1ccc2c(n1)c1c(n2CC(=O)O)CC[C@@H](N(C)c2ncc(Cl)cn2)C1. The van der Waals surface area contributed by atoms with Crippen molar-refractivity contribution in [2.45, 2.75) is 31.8 Å². The maximum atomic E-state index is 11.4. The molecule has 3 heterocycles. The molecule has 0 amide bonds. The molecule has 0 radical (unpaired) electrons. The van der Waals surface area contributed by atoms with Gasteiger partial charge in [-0.15, -0.1) is 0 Å². The van der Waals surface area contributed by atoms with E-state index in [1.54, 1.807) is 25.6 Å². The van der Waals surface area contributed by atoms with Crippen LogP contribution >= 0.6 is 11.6 Å². The number of pyridine rings is 1. The number of hydrogen-bond acceptors (Lipinski definition) is 6. The molecular weight excluding hydrogens is 382 g/mol. The zero-order valence-corrected chi connectivity index (χ0v) is 16.3. The summed E-state index contributed by atoms with van der Waals surface area (Å²) < 4.78 is 7.13. The van der Waals surface area contributed by atoms with Crippen LogP contribution in [-0.4, -0.2) is 50.8 Å². The van der Waals surface area contributed by atoms with Gasteiger partial charge in [-0.05, 0) is 25.3 Å². The summed E-state index contributed by atoms with van der Waals surface area (Å²) in [5.74, 6) is 0.251. The van der Waals surface area contributed by atoms with Gasteiger partial charge in [0.25, 0.3) is 0 Å². The van der Waals surface area contributed by atoms with Crippen LogP contribution in [0.25, 0.3) is 11.0 Å². The molecule has 0 spiro atoms. The van der Waals surface area contributed by atoms with E-state index in [9.17, 15) is 9.90 Å². The van der Waals surface area contributed by atoms with Gasteiger partial charge in [0, 0.05) is 30.4 Å². The number of halogens is 1. The molecule has 146 valence electrons. The third kappa shape index (κ3) is 3.24. The normalized spacial score (nSPS) is 16.0. The van der Waals surface area contributed by atoms with Crippen molar-refractivity contribution in [1.29, 1.82) is 0 Å². The van der Waals surface area contributed by atoms with Gasteiger partial charge in [-0.2, -0.15) is 0 Å². The molecule has 0 fully saturated rings. The van der Waals surface area contributed by atoms with E-state index in [0.717, 1.165) is 41.6 Å². The third-order valence-electron chi connectivity index (χ3n) is 5.23. The molecular formula is C19H20ClN5O3. The zero-order valence-electron chi connectivity index (χ0n) is 15.6. The number of fused-ring (bicyclic) bond motifs is 3. The van der Waals surface area contributed by atoms with Crippen molar-refractivity contribution in [2.24, 2.45) is 0 Å². The fourth-order valence-corrected chi connectivity index (χ4v) is 3.97. The number of nitrogens with zero attached hydrogens (tertiary/aromatic N) is 5. The standard InChI is InChI=1S/C19H20ClN5O3/c1-24(19-21-8-11(20)9-22-19)12-3-4-14-13(7-12)18-15(25(14)10-17(26)27)5-6-16(23-18)28-2/h5-6,8-9,12H,3-4,7,10H2,1-2H3,(H,26,27)/t12-/m1/s1. The van der Waals surface area contributed by atoms with Crippen LogP contribution in [-0.2, 0) is 24.2 Å². The first-order chi connectivity index (χ1) is 13.5. The fraction of sp³-hybridized carbons (Fsp3) is 0.368. The highest BCUT2D eigenvalue weighted by Gasteiger charge is 2.30. The van der Waals surface area contributed by atoms with Gasteiger partial charge in [0.1, 0.15) is 6.54 Å². The Labute approximate surface area is 166 Å². The minimum absolute atomic E-state index is 0.0827. The molecule has 0 saturated heterocycles. The lowest BCUT2D eigenvalue weighted by molar-refractivity contribution is -0.137. The Bertz CT molecular complexity index is 1030. The Kier molecular flexibility index (Phi) is 4.80. The van der Waals surface area contributed by atoms with Gasteiger partial charge in [-0.1, -0.05) is 11.6 Å². The van der Waals surface area contributed by atoms with E-state index in [0.29, 0.717) is 16.9 Å². The molecule has 9 heteroatoms. The number of aliphatic carboxylic acids is 1. The summed E-state index contributed by atoms with van der Waals surface area (Å²) in [7, 11) is 3.53. The number of carboxylic acid groups (broad SMARTS) is 1. The fourth-order valence-electron chi connectivity index (χ4n) is 3.87. The first-order valence-electron chi connectivity index (χ1n) is 8.95. The quantitative estimate of drug-likeness (QED) is 0.702. The molecule has 1 atom stereocenters. The number of rotatable bonds is 5. The monoisotopic (exact) mass is 401 g/mol. The maximum Gasteiger partial charge on any atom is 0.323 e. The lowest BCUT2D eigenvalue weighted by Crippen LogP contribution is -2.37. The van der Waals surface area contributed by atoms with E-state index in [2.05, 4.69) is 15.0 Å². The van der Waals surface area contributed by atoms with Gasteiger partial charge in [-0.25, -0.2) is 15.0 Å². The predicted molar refractivity (Wildman–Crippen MR) is 105 cm³/mol. The van der Waals surface area contributed by atoms with Crippen molar-refractivity contribution in [3.8, 4) is 5.88 Å². The van der Waals surface area contributed by atoms with E-state index in [1.165, 1.54) is 0 Å². The molecule has 0 aromatic carbocycles. The lowest BCUT2D eigenvalue weighted by atomic mass is 9.91. The maximum absolute atomic E-state index is 11.4. The van der Waals surface area contributed by atoms with Crippen molar-refractivity contribution >= 4 is 34.6 Å². The number of ether oxygens (including phenoxy) is 1. The van der Waals surface area contributed by atoms with E-state index >= 15 is 0 Å². The molecule has 28 heavy (non-hydrogen) atoms. The van der Waals surface area contributed by atoms with Crippen molar-refractivity contribution in [1.82, 2.24) is 19.5 Å². The summed E-state index contributed by atoms with van der Waals surface area (Å²) in [6.45, 7) is -0.0827. The number of hydrogen-bond donors (Lipinski definition) is 1. The topological polar surface area (TPSA) is 93.4 Å². The van der Waals surface area contributed by atoms with Crippen LogP contribution in [0, 0.1) is 0 Å². The highest BCUT2D eigenvalue weighted by molar-refractivity contribution is 6.30. The first kappa shape index (κ1) is 18.5. The average Bonchev–Trinajstić information content (AvgIpc) is 3.00. The second-order valence-electron chi connectivity index (χ2n) is 6.84. The number of methoxy groups -OCH3 is 1. The Morgan fingerprint density at radius 1 is 1.39 bits per heavy atom. The van der Waals surface area contributed by atoms with E-state index in [1.807, 2.05) is 22.6 Å². The second kappa shape index (κ2) is 7.27. The summed E-state index contributed by atoms with van der Waals surface area (Å²) in [5.41, 5.74) is 3.71. The molecule has 8 nitrogen and oxygen atoms in total. The highest BCUT2D eigenvalue weighted by atomic mass is 35.5. The van der Waals surface area contributed by atoms with E-state index in [-0.39, 0.29) is 12.6 Å². The summed E-state index contributed by atoms with van der Waals surface area (Å²) in [6.07, 6.45) is 5.51. The van der Waals surface area contributed by atoms with Gasteiger partial charge in [0.2, 0.25) is 11.8 Å². The van der Waals surface area contributed by atoms with Crippen LogP contribution in [0.2, 0.25) is 5.02 Å². The van der Waals surface area contributed by atoms with Crippen LogP contribution < -0.4 is 9.64 Å². The summed E-state index contributed by atoms with van der Waals surface area (Å²) in [6, 6.07) is 3.81. The van der Waals surface area contributed by atoms with Gasteiger partial charge >= 0.3 is 5.97 Å². The molecule has 3 aromatic heterocycles. The number of carbonyl (C=O) groups is 1. The summed E-state index contributed by atoms with van der Waals surface area (Å²) in [5, 5.41) is 9.85. The molecule has 1 aliphatic rings. The van der Waals surface area contributed by atoms with Gasteiger partial charge < -0.3 is 19.3 Å². The van der Waals surface area contributed by atoms with E-state index < -0.39 is 5.97 Å². The second-order valence-corrected chi connectivity index (χ2v) is 7.27. The zero-order chi connectivity index (χ0) is 19.8. The Morgan fingerprint density at radius 3 is 2.82 bits per heavy atom. The minimum atomic E-state index is -0.871. The van der Waals surface area contributed by atoms with Crippen molar-refractivity contribution in [3.63, 3.8) is 0 Å². The van der Waals surface area contributed by atoms with Crippen molar-refractivity contribution in [3.05, 3.63) is 40.8 Å².